The second-order valence-electron chi connectivity index (χ2n) is 11.2. The van der Waals surface area contributed by atoms with Crippen molar-refractivity contribution in [3.05, 3.63) is 22.0 Å². The Morgan fingerprint density at radius 3 is 1.84 bits per heavy atom. The summed E-state index contributed by atoms with van der Waals surface area (Å²) in [5, 5.41) is 0.0857. The molecule has 2 aromatic rings. The molecule has 0 unspecified atom stereocenters. The van der Waals surface area contributed by atoms with E-state index in [0.29, 0.717) is 100 Å². The van der Waals surface area contributed by atoms with Crippen molar-refractivity contribution in [1.29, 1.82) is 0 Å². The summed E-state index contributed by atoms with van der Waals surface area (Å²) in [4.78, 5) is 20.9. The summed E-state index contributed by atoms with van der Waals surface area (Å²) < 4.78 is 69.2. The van der Waals surface area contributed by atoms with Crippen LogP contribution in [0.1, 0.15) is 30.7 Å². The largest absolute Gasteiger partial charge is 0.486 e. The molecule has 0 N–H and O–H groups in total. The molecule has 0 amide bonds. The van der Waals surface area contributed by atoms with Gasteiger partial charge in [0.1, 0.15) is 29.3 Å². The lowest BCUT2D eigenvalue weighted by molar-refractivity contribution is 0.0687. The maximum Gasteiger partial charge on any atom is 0.224 e. The molecule has 0 aromatic carbocycles. The first kappa shape index (κ1) is 30.8. The molecule has 14 nitrogen and oxygen atoms in total. The number of nitrogens with zero attached hydrogens (tertiary/aromatic N) is 6. The predicted octanol–water partition coefficient (Wildman–Crippen LogP) is 1.42. The van der Waals surface area contributed by atoms with E-state index in [-0.39, 0.29) is 28.4 Å². The van der Waals surface area contributed by atoms with E-state index in [0.717, 1.165) is 12.7 Å². The maximum atomic E-state index is 12.4. The van der Waals surface area contributed by atoms with Crippen LogP contribution in [0.4, 0.5) is 11.6 Å². The van der Waals surface area contributed by atoms with Crippen molar-refractivity contribution in [2.24, 2.45) is 0 Å². The molecular formula is C25H32Cl2N6O8S2. The monoisotopic (exact) mass is 678 g/mol. The number of hydrogen-bond acceptors (Lipinski definition) is 14. The number of rotatable bonds is 4. The average molecular weight is 680 g/mol. The molecule has 6 heterocycles. The highest BCUT2D eigenvalue weighted by atomic mass is 35.5. The lowest BCUT2D eigenvalue weighted by atomic mass is 9.81. The van der Waals surface area contributed by atoms with Gasteiger partial charge in [-0.1, -0.05) is 0 Å². The Morgan fingerprint density at radius 2 is 1.33 bits per heavy atom. The highest BCUT2D eigenvalue weighted by Crippen LogP contribution is 2.52. The van der Waals surface area contributed by atoms with E-state index in [9.17, 15) is 16.8 Å². The molecule has 2 aromatic heterocycles. The molecule has 4 aliphatic heterocycles. The fourth-order valence-electron chi connectivity index (χ4n) is 5.98. The third-order valence-electron chi connectivity index (χ3n) is 8.25. The smallest absolute Gasteiger partial charge is 0.224 e. The Balaban J connectivity index is 0.000000155. The molecule has 2 saturated heterocycles. The zero-order chi connectivity index (χ0) is 30.6. The van der Waals surface area contributed by atoms with Crippen LogP contribution in [-0.2, 0) is 39.6 Å². The van der Waals surface area contributed by atoms with Crippen molar-refractivity contribution < 1.29 is 35.8 Å². The molecule has 18 heteroatoms. The zero-order valence-corrected chi connectivity index (χ0v) is 26.8. The van der Waals surface area contributed by atoms with Gasteiger partial charge in [-0.2, -0.15) is 9.97 Å². The fraction of sp³-hybridized carbons (Fsp3) is 0.680. The maximum absolute atomic E-state index is 12.4. The van der Waals surface area contributed by atoms with Gasteiger partial charge in [0.15, 0.2) is 42.8 Å². The van der Waals surface area contributed by atoms with Gasteiger partial charge in [-0.3, -0.25) is 0 Å². The molecule has 1 aliphatic carbocycles. The number of anilines is 2. The Labute approximate surface area is 259 Å². The van der Waals surface area contributed by atoms with Gasteiger partial charge in [0.25, 0.3) is 0 Å². The van der Waals surface area contributed by atoms with Gasteiger partial charge >= 0.3 is 0 Å². The molecule has 43 heavy (non-hydrogen) atoms. The zero-order valence-electron chi connectivity index (χ0n) is 23.7. The van der Waals surface area contributed by atoms with Gasteiger partial charge in [-0.25, -0.2) is 26.8 Å². The quantitative estimate of drug-likeness (QED) is 0.427. The van der Waals surface area contributed by atoms with E-state index < -0.39 is 24.4 Å². The summed E-state index contributed by atoms with van der Waals surface area (Å²) in [7, 11) is -6.56. The van der Waals surface area contributed by atoms with Crippen molar-refractivity contribution in [3.8, 4) is 11.5 Å². The highest BCUT2D eigenvalue weighted by Gasteiger charge is 2.52. The minimum Gasteiger partial charge on any atom is -0.486 e. The van der Waals surface area contributed by atoms with Gasteiger partial charge in [-0.15, -0.1) is 0 Å². The van der Waals surface area contributed by atoms with Crippen molar-refractivity contribution in [1.82, 2.24) is 19.9 Å². The van der Waals surface area contributed by atoms with Gasteiger partial charge in [-0.05, 0) is 42.5 Å². The van der Waals surface area contributed by atoms with E-state index in [1.807, 2.05) is 4.90 Å². The normalized spacial score (nSPS) is 24.0. The second-order valence-corrected chi connectivity index (χ2v) is 16.4. The van der Waals surface area contributed by atoms with E-state index >= 15 is 0 Å². The van der Waals surface area contributed by atoms with Crippen molar-refractivity contribution in [2.75, 3.05) is 75.0 Å². The van der Waals surface area contributed by atoms with E-state index in [1.54, 1.807) is 0 Å². The van der Waals surface area contributed by atoms with Crippen LogP contribution in [0, 0.1) is 0 Å². The van der Waals surface area contributed by atoms with Crippen LogP contribution in [0.5, 0.6) is 11.5 Å². The Bertz CT molecular complexity index is 1630. The number of fused-ring (bicyclic) bond motifs is 6. The fourth-order valence-corrected chi connectivity index (χ4v) is 8.53. The number of ether oxygens (including phenoxy) is 4. The third kappa shape index (κ3) is 5.93. The number of hydrogen-bond donors (Lipinski definition) is 0. The van der Waals surface area contributed by atoms with Crippen LogP contribution >= 0.6 is 23.2 Å². The molecule has 0 spiro atoms. The molecular weight excluding hydrogens is 647 g/mol. The van der Waals surface area contributed by atoms with Crippen LogP contribution < -0.4 is 19.3 Å². The summed E-state index contributed by atoms with van der Waals surface area (Å²) in [6, 6.07) is 0.152. The van der Waals surface area contributed by atoms with Gasteiger partial charge in [0, 0.05) is 25.6 Å². The van der Waals surface area contributed by atoms with Crippen molar-refractivity contribution in [2.45, 2.75) is 41.8 Å². The van der Waals surface area contributed by atoms with E-state index in [1.165, 1.54) is 6.26 Å². The molecule has 236 valence electrons. The summed E-state index contributed by atoms with van der Waals surface area (Å²) in [5.41, 5.74) is 0.735. The number of morpholine rings is 2. The lowest BCUT2D eigenvalue weighted by Gasteiger charge is -2.44. The predicted molar refractivity (Wildman–Crippen MR) is 158 cm³/mol. The molecule has 1 saturated carbocycles. The summed E-state index contributed by atoms with van der Waals surface area (Å²) in [6.07, 6.45) is 4.34. The first-order valence-corrected chi connectivity index (χ1v) is 18.5. The minimum atomic E-state index is -3.33. The molecule has 0 radical (unpaired) electrons. The molecule has 3 fully saturated rings. The first-order chi connectivity index (χ1) is 20.4. The van der Waals surface area contributed by atoms with Gasteiger partial charge in [0.2, 0.25) is 10.6 Å². The lowest BCUT2D eigenvalue weighted by Crippen LogP contribution is -2.52. The Kier molecular flexibility index (Phi) is 8.30. The number of sulfone groups is 2. The van der Waals surface area contributed by atoms with Crippen molar-refractivity contribution >= 4 is 54.5 Å². The molecule has 0 bridgehead atoms. The third-order valence-corrected chi connectivity index (χ3v) is 11.4. The average Bonchev–Trinajstić information content (AvgIpc) is 2.91. The topological polar surface area (TPSA) is 163 Å². The first-order valence-electron chi connectivity index (χ1n) is 13.8. The van der Waals surface area contributed by atoms with Gasteiger partial charge < -0.3 is 28.7 Å². The van der Waals surface area contributed by atoms with Crippen LogP contribution in [0.25, 0.3) is 0 Å². The SMILES string of the molecule is CS(=O)(=O)C1(c2nc(Cl)nc3c2OC[C@@H]2COCCN32)CCC1.CS(=O)(=O)Cc1nc(Cl)nc2c1OC[C@@H]1COCCN21. The minimum absolute atomic E-state index is 0.0261. The van der Waals surface area contributed by atoms with Crippen LogP contribution in [-0.4, -0.2) is 114 Å². The number of halogens is 2. The molecule has 2 atom stereocenters. The Hall–Kier alpha value is -2.24. The highest BCUT2D eigenvalue weighted by molar-refractivity contribution is 7.91. The molecule has 5 aliphatic rings. The van der Waals surface area contributed by atoms with Crippen LogP contribution in [0.3, 0.4) is 0 Å². The summed E-state index contributed by atoms with van der Waals surface area (Å²) >= 11 is 12.0. The van der Waals surface area contributed by atoms with Crippen molar-refractivity contribution in [3.63, 3.8) is 0 Å². The molecule has 7 rings (SSSR count). The standard InChI is InChI=1S/C14H18ClN3O4S.C11H14ClN3O4S/c1-23(19,20)14(3-2-4-14)11-10-12(17-13(15)16-11)18-5-6-21-7-9(18)8-22-10;1-20(16,17)6-8-9-10(14-11(12)13-8)15-2-3-18-4-7(15)5-19-9/h9H,2-8H2,1H3;7H,2-6H2,1H3/t9-;7-/m00/s1. The number of aromatic nitrogens is 4. The van der Waals surface area contributed by atoms with Crippen LogP contribution in [0.2, 0.25) is 10.6 Å². The van der Waals surface area contributed by atoms with Crippen LogP contribution in [0.15, 0.2) is 0 Å². The van der Waals surface area contributed by atoms with E-state index in [2.05, 4.69) is 24.8 Å². The second kappa shape index (κ2) is 11.6. The summed E-state index contributed by atoms with van der Waals surface area (Å²) in [5.74, 6) is 1.82. The Morgan fingerprint density at radius 1 is 0.791 bits per heavy atom. The van der Waals surface area contributed by atoms with E-state index in [4.69, 9.17) is 42.1 Å². The van der Waals surface area contributed by atoms with Gasteiger partial charge in [0.05, 0.1) is 44.3 Å². The summed E-state index contributed by atoms with van der Waals surface area (Å²) in [6.45, 7) is 4.53.